The Morgan fingerprint density at radius 1 is 1.03 bits per heavy atom. The number of halogens is 3. The van der Waals surface area contributed by atoms with Crippen LogP contribution in [0.5, 0.6) is 0 Å². The summed E-state index contributed by atoms with van der Waals surface area (Å²) in [6, 6.07) is 4.76. The number of fused-ring (bicyclic) bond motifs is 1. The normalized spacial score (nSPS) is 19.1. The van der Waals surface area contributed by atoms with Gasteiger partial charge in [0.05, 0.1) is 24.2 Å². The average molecular weight is 403 g/mol. The summed E-state index contributed by atoms with van der Waals surface area (Å²) < 4.78 is 37.9. The lowest BCUT2D eigenvalue weighted by Crippen LogP contribution is -2.51. The zero-order chi connectivity index (χ0) is 20.4. The van der Waals surface area contributed by atoms with E-state index in [1.807, 2.05) is 18.2 Å². The molecule has 3 heterocycles. The molecule has 1 fully saturated rings. The van der Waals surface area contributed by atoms with Gasteiger partial charge in [0, 0.05) is 26.2 Å². The molecule has 1 aromatic rings. The van der Waals surface area contributed by atoms with Crippen molar-refractivity contribution in [3.63, 3.8) is 0 Å². The highest BCUT2D eigenvalue weighted by Gasteiger charge is 2.30. The number of hydrogen-bond donors (Lipinski definition) is 0. The number of nitrogens with zero attached hydrogens (tertiary/aromatic N) is 5. The molecule has 0 atom stereocenters. The number of benzene rings is 1. The summed E-state index contributed by atoms with van der Waals surface area (Å²) in [5.74, 6) is 0.740. The maximum absolute atomic E-state index is 12.6. The predicted molar refractivity (Wildman–Crippen MR) is 103 cm³/mol. The number of alkyl halides is 3. The van der Waals surface area contributed by atoms with Gasteiger partial charge in [0.1, 0.15) is 12.2 Å². The molecule has 29 heavy (non-hydrogen) atoms. The summed E-state index contributed by atoms with van der Waals surface area (Å²) in [6.45, 7) is 3.03. The van der Waals surface area contributed by atoms with E-state index < -0.39 is 11.7 Å². The van der Waals surface area contributed by atoms with E-state index in [-0.39, 0.29) is 12.3 Å². The number of amides is 1. The molecule has 1 saturated heterocycles. The predicted octanol–water partition coefficient (Wildman–Crippen LogP) is 2.50. The molecule has 3 aliphatic rings. The highest BCUT2D eigenvalue weighted by molar-refractivity contribution is 5.95. The van der Waals surface area contributed by atoms with Crippen LogP contribution in [0.15, 0.2) is 58.3 Å². The Morgan fingerprint density at radius 3 is 2.45 bits per heavy atom. The lowest BCUT2D eigenvalue weighted by Gasteiger charge is -2.37. The number of amidine groups is 1. The summed E-state index contributed by atoms with van der Waals surface area (Å²) in [6.07, 6.45) is 3.37. The van der Waals surface area contributed by atoms with Crippen molar-refractivity contribution < 1.29 is 18.0 Å². The fraction of sp³-hybridized carbons (Fsp3) is 0.350. The Morgan fingerprint density at radius 2 is 1.76 bits per heavy atom. The van der Waals surface area contributed by atoms with Gasteiger partial charge in [-0.25, -0.2) is 5.01 Å². The van der Waals surface area contributed by atoms with E-state index in [4.69, 9.17) is 0 Å². The molecule has 152 valence electrons. The van der Waals surface area contributed by atoms with Crippen molar-refractivity contribution in [1.82, 2.24) is 14.8 Å². The number of aliphatic imine (C=N–C) groups is 1. The second kappa shape index (κ2) is 7.73. The fourth-order valence-electron chi connectivity index (χ4n) is 3.41. The molecule has 9 heteroatoms. The Balaban J connectivity index is 1.31. The number of hydrogen-bond acceptors (Lipinski definition) is 5. The van der Waals surface area contributed by atoms with E-state index in [0.29, 0.717) is 38.3 Å². The number of allylic oxidation sites excluding steroid dienone is 1. The fourth-order valence-corrected chi connectivity index (χ4v) is 3.41. The lowest BCUT2D eigenvalue weighted by atomic mass is 10.1. The molecule has 1 amide bonds. The standard InChI is InChI=1S/C20H20F3N5O/c21-20(22,23)16-3-1-15(2-4-16)13-19(29)27-11-9-26(10-12-27)18-6-5-17-7-8-24-14-28(17)25-18/h1-7,14H,8-13H2. The molecular formula is C20H20F3N5O. The van der Waals surface area contributed by atoms with Gasteiger partial charge in [0.25, 0.3) is 0 Å². The number of carbonyl (C=O) groups excluding carboxylic acids is 1. The van der Waals surface area contributed by atoms with Crippen LogP contribution in [0.3, 0.4) is 0 Å². The van der Waals surface area contributed by atoms with Crippen LogP contribution in [-0.2, 0) is 17.4 Å². The van der Waals surface area contributed by atoms with Gasteiger partial charge < -0.3 is 9.80 Å². The summed E-state index contributed by atoms with van der Waals surface area (Å²) in [4.78, 5) is 20.6. The molecule has 1 aromatic carbocycles. The van der Waals surface area contributed by atoms with Crippen molar-refractivity contribution in [3.05, 3.63) is 59.3 Å². The van der Waals surface area contributed by atoms with Gasteiger partial charge in [0.2, 0.25) is 5.91 Å². The van der Waals surface area contributed by atoms with Gasteiger partial charge in [-0.15, -0.1) is 5.10 Å². The second-order valence-corrected chi connectivity index (χ2v) is 6.99. The third-order valence-electron chi connectivity index (χ3n) is 5.07. The number of piperazine rings is 1. The maximum atomic E-state index is 12.6. The van der Waals surface area contributed by atoms with Crippen molar-refractivity contribution in [2.45, 2.75) is 12.6 Å². The Hall–Kier alpha value is -3.10. The van der Waals surface area contributed by atoms with E-state index in [1.54, 1.807) is 16.2 Å². The smallest absolute Gasteiger partial charge is 0.352 e. The minimum Gasteiger partial charge on any atom is -0.352 e. The molecule has 0 unspecified atom stereocenters. The van der Waals surface area contributed by atoms with Crippen molar-refractivity contribution in [2.75, 3.05) is 32.7 Å². The van der Waals surface area contributed by atoms with E-state index >= 15 is 0 Å². The Bertz CT molecular complexity index is 894. The first-order chi connectivity index (χ1) is 13.9. The van der Waals surface area contributed by atoms with Crippen molar-refractivity contribution >= 4 is 18.1 Å². The Labute approximate surface area is 166 Å². The van der Waals surface area contributed by atoms with Crippen LogP contribution < -0.4 is 0 Å². The van der Waals surface area contributed by atoms with E-state index in [1.165, 1.54) is 12.1 Å². The molecule has 0 radical (unpaired) electrons. The van der Waals surface area contributed by atoms with Crippen molar-refractivity contribution in [1.29, 1.82) is 0 Å². The minimum absolute atomic E-state index is 0.0843. The van der Waals surface area contributed by atoms with Gasteiger partial charge in [-0.3, -0.25) is 9.79 Å². The first-order valence-corrected chi connectivity index (χ1v) is 9.35. The van der Waals surface area contributed by atoms with Gasteiger partial charge in [-0.05, 0) is 35.9 Å². The largest absolute Gasteiger partial charge is 0.416 e. The van der Waals surface area contributed by atoms with Crippen LogP contribution in [0, 0.1) is 0 Å². The third-order valence-corrected chi connectivity index (χ3v) is 5.07. The van der Waals surface area contributed by atoms with Gasteiger partial charge >= 0.3 is 6.18 Å². The minimum atomic E-state index is -4.37. The summed E-state index contributed by atoms with van der Waals surface area (Å²) in [7, 11) is 0. The Kier molecular flexibility index (Phi) is 5.12. The average Bonchev–Trinajstić information content (AvgIpc) is 2.73. The number of rotatable bonds is 2. The number of hydrazone groups is 1. The highest BCUT2D eigenvalue weighted by atomic mass is 19.4. The molecule has 0 N–H and O–H groups in total. The topological polar surface area (TPSA) is 51.5 Å². The van der Waals surface area contributed by atoms with Gasteiger partial charge in [0.15, 0.2) is 0 Å². The second-order valence-electron chi connectivity index (χ2n) is 6.99. The quantitative estimate of drug-likeness (QED) is 0.763. The summed E-state index contributed by atoms with van der Waals surface area (Å²) in [5.41, 5.74) is 0.864. The SMILES string of the molecule is O=C(Cc1ccc(C(F)(F)F)cc1)N1CCN(C2=NN3C=NCC=C3C=C2)CC1. The van der Waals surface area contributed by atoms with Crippen molar-refractivity contribution in [2.24, 2.45) is 10.1 Å². The monoisotopic (exact) mass is 403 g/mol. The molecule has 4 rings (SSSR count). The zero-order valence-corrected chi connectivity index (χ0v) is 15.6. The molecule has 6 nitrogen and oxygen atoms in total. The molecule has 3 aliphatic heterocycles. The maximum Gasteiger partial charge on any atom is 0.416 e. The number of carbonyl (C=O) groups is 1. The van der Waals surface area contributed by atoms with Crippen molar-refractivity contribution in [3.8, 4) is 0 Å². The van der Waals surface area contributed by atoms with Crippen LogP contribution in [0.1, 0.15) is 11.1 Å². The molecular weight excluding hydrogens is 383 g/mol. The van der Waals surface area contributed by atoms with Crippen LogP contribution >= 0.6 is 0 Å². The first-order valence-electron chi connectivity index (χ1n) is 9.35. The van der Waals surface area contributed by atoms with Crippen LogP contribution in [0.2, 0.25) is 0 Å². The van der Waals surface area contributed by atoms with Gasteiger partial charge in [-0.2, -0.15) is 13.2 Å². The summed E-state index contributed by atoms with van der Waals surface area (Å²) in [5, 5.41) is 6.31. The highest BCUT2D eigenvalue weighted by Crippen LogP contribution is 2.29. The molecule has 0 spiro atoms. The molecule has 0 saturated carbocycles. The third kappa shape index (κ3) is 4.33. The lowest BCUT2D eigenvalue weighted by molar-refractivity contribution is -0.137. The van der Waals surface area contributed by atoms with Crippen LogP contribution in [0.4, 0.5) is 13.2 Å². The van der Waals surface area contributed by atoms with E-state index in [0.717, 1.165) is 23.7 Å². The van der Waals surface area contributed by atoms with Gasteiger partial charge in [-0.1, -0.05) is 12.1 Å². The zero-order valence-electron chi connectivity index (χ0n) is 15.6. The summed E-state index contributed by atoms with van der Waals surface area (Å²) >= 11 is 0. The van der Waals surface area contributed by atoms with Crippen LogP contribution in [0.25, 0.3) is 0 Å². The van der Waals surface area contributed by atoms with E-state index in [9.17, 15) is 18.0 Å². The molecule has 0 bridgehead atoms. The molecule has 0 aromatic heterocycles. The van der Waals surface area contributed by atoms with E-state index in [2.05, 4.69) is 15.0 Å². The first kappa shape index (κ1) is 19.2. The van der Waals surface area contributed by atoms with Crippen LogP contribution in [-0.4, -0.2) is 65.6 Å². The molecule has 0 aliphatic carbocycles.